The Balaban J connectivity index is 2.41. The molecule has 16 heavy (non-hydrogen) atoms. The number of hydrogen-bond acceptors (Lipinski definition) is 4. The zero-order valence-corrected chi connectivity index (χ0v) is 8.72. The van der Waals surface area contributed by atoms with E-state index in [0.717, 1.165) is 11.1 Å². The number of benzene rings is 1. The summed E-state index contributed by atoms with van der Waals surface area (Å²) in [5, 5.41) is 0. The quantitative estimate of drug-likeness (QED) is 0.775. The number of carbonyl (C=O) groups is 1. The Morgan fingerprint density at radius 1 is 1.50 bits per heavy atom. The minimum absolute atomic E-state index is 0.266. The number of aliphatic imine (C=N–C) groups is 1. The van der Waals surface area contributed by atoms with E-state index in [9.17, 15) is 4.79 Å². The maximum absolute atomic E-state index is 11.6. The Morgan fingerprint density at radius 3 is 2.88 bits per heavy atom. The molecule has 0 saturated heterocycles. The van der Waals surface area contributed by atoms with Gasteiger partial charge in [0.15, 0.2) is 6.04 Å². The van der Waals surface area contributed by atoms with E-state index in [1.54, 1.807) is 0 Å². The summed E-state index contributed by atoms with van der Waals surface area (Å²) in [5.74, 6) is -0.113. The third-order valence-corrected chi connectivity index (χ3v) is 2.43. The van der Waals surface area contributed by atoms with Gasteiger partial charge in [-0.15, -0.1) is 0 Å². The minimum Gasteiger partial charge on any atom is -0.406 e. The van der Waals surface area contributed by atoms with Gasteiger partial charge < -0.3 is 10.5 Å². The molecule has 1 atom stereocenters. The highest BCUT2D eigenvalue weighted by Crippen LogP contribution is 2.27. The highest BCUT2D eigenvalue weighted by Gasteiger charge is 2.30. The Hall–Kier alpha value is -1.94. The van der Waals surface area contributed by atoms with Crippen molar-refractivity contribution in [1.82, 2.24) is 0 Å². The van der Waals surface area contributed by atoms with Gasteiger partial charge in [-0.1, -0.05) is 30.8 Å². The summed E-state index contributed by atoms with van der Waals surface area (Å²) in [5.41, 5.74) is 7.31. The van der Waals surface area contributed by atoms with Crippen molar-refractivity contribution in [3.05, 3.63) is 48.0 Å². The van der Waals surface area contributed by atoms with Gasteiger partial charge in [-0.2, -0.15) is 0 Å². The van der Waals surface area contributed by atoms with E-state index >= 15 is 0 Å². The molecule has 0 fully saturated rings. The molecule has 1 aromatic carbocycles. The summed E-state index contributed by atoms with van der Waals surface area (Å²) >= 11 is 0. The van der Waals surface area contributed by atoms with Gasteiger partial charge in [0.05, 0.1) is 0 Å². The van der Waals surface area contributed by atoms with E-state index < -0.39 is 6.04 Å². The number of esters is 1. The smallest absolute Gasteiger partial charge is 0.342 e. The van der Waals surface area contributed by atoms with Gasteiger partial charge in [-0.25, -0.2) is 9.79 Å². The lowest BCUT2D eigenvalue weighted by atomic mass is 10.0. The largest absolute Gasteiger partial charge is 0.406 e. The first-order chi connectivity index (χ1) is 7.76. The van der Waals surface area contributed by atoms with Crippen LogP contribution in [-0.2, 0) is 16.1 Å². The second kappa shape index (κ2) is 4.28. The summed E-state index contributed by atoms with van der Waals surface area (Å²) in [6.07, 6.45) is 1.42. The molecule has 1 unspecified atom stereocenters. The van der Waals surface area contributed by atoms with Crippen molar-refractivity contribution < 1.29 is 9.53 Å². The molecule has 0 aromatic heterocycles. The fourth-order valence-electron chi connectivity index (χ4n) is 1.64. The number of cyclic esters (lactones) is 1. The molecule has 0 radical (unpaired) electrons. The monoisotopic (exact) mass is 216 g/mol. The van der Waals surface area contributed by atoms with Crippen molar-refractivity contribution in [2.75, 3.05) is 0 Å². The van der Waals surface area contributed by atoms with Gasteiger partial charge in [-0.05, 0) is 17.2 Å². The summed E-state index contributed by atoms with van der Waals surface area (Å²) in [6.45, 7) is 3.89. The molecule has 4 nitrogen and oxygen atoms in total. The van der Waals surface area contributed by atoms with Gasteiger partial charge in [0.1, 0.15) is 0 Å². The topological polar surface area (TPSA) is 64.7 Å². The van der Waals surface area contributed by atoms with Gasteiger partial charge >= 0.3 is 5.97 Å². The first kappa shape index (κ1) is 10.6. The molecule has 1 aromatic rings. The van der Waals surface area contributed by atoms with Crippen LogP contribution in [0.15, 0.2) is 41.9 Å². The van der Waals surface area contributed by atoms with Crippen molar-refractivity contribution in [3.63, 3.8) is 0 Å². The van der Waals surface area contributed by atoms with Crippen LogP contribution in [0.4, 0.5) is 0 Å². The van der Waals surface area contributed by atoms with Crippen LogP contribution in [0.1, 0.15) is 17.2 Å². The normalized spacial score (nSPS) is 19.2. The van der Waals surface area contributed by atoms with E-state index in [1.165, 1.54) is 6.08 Å². The van der Waals surface area contributed by atoms with Crippen LogP contribution in [0.2, 0.25) is 0 Å². The van der Waals surface area contributed by atoms with Crippen molar-refractivity contribution in [2.24, 2.45) is 10.7 Å². The summed E-state index contributed by atoms with van der Waals surface area (Å²) < 4.78 is 4.93. The maximum Gasteiger partial charge on any atom is 0.342 e. The highest BCUT2D eigenvalue weighted by molar-refractivity contribution is 6.02. The number of hydrogen-bond donors (Lipinski definition) is 1. The van der Waals surface area contributed by atoms with Gasteiger partial charge in [-0.3, -0.25) is 0 Å². The van der Waals surface area contributed by atoms with Crippen molar-refractivity contribution in [1.29, 1.82) is 0 Å². The highest BCUT2D eigenvalue weighted by atomic mass is 16.6. The van der Waals surface area contributed by atoms with Gasteiger partial charge in [0.2, 0.25) is 5.90 Å². The molecular formula is C12H12N2O2. The predicted octanol–water partition coefficient (Wildman–Crippen LogP) is 1.33. The number of rotatable bonds is 3. The van der Waals surface area contributed by atoms with Crippen LogP contribution in [0, 0.1) is 0 Å². The van der Waals surface area contributed by atoms with E-state index in [1.807, 2.05) is 24.3 Å². The first-order valence-electron chi connectivity index (χ1n) is 4.96. The zero-order valence-electron chi connectivity index (χ0n) is 8.72. The lowest BCUT2D eigenvalue weighted by Gasteiger charge is -2.08. The first-order valence-corrected chi connectivity index (χ1v) is 4.96. The second-order valence-electron chi connectivity index (χ2n) is 3.40. The molecule has 2 N–H and O–H groups in total. The molecule has 1 heterocycles. The van der Waals surface area contributed by atoms with E-state index in [0.29, 0.717) is 6.54 Å². The predicted molar refractivity (Wildman–Crippen MR) is 60.8 cm³/mol. The number of nitrogens with zero attached hydrogens (tertiary/aromatic N) is 1. The SMILES string of the molecule is C=CC1=NC(c2ccccc2CN)C(=O)O1. The molecule has 82 valence electrons. The number of nitrogens with two attached hydrogens (primary N) is 1. The summed E-state index contributed by atoms with van der Waals surface area (Å²) in [7, 11) is 0. The molecule has 1 aliphatic heterocycles. The van der Waals surface area contributed by atoms with Crippen LogP contribution in [0.5, 0.6) is 0 Å². The molecule has 2 rings (SSSR count). The van der Waals surface area contributed by atoms with E-state index in [-0.39, 0.29) is 11.9 Å². The van der Waals surface area contributed by atoms with Crippen LogP contribution < -0.4 is 5.73 Å². The number of ether oxygens (including phenoxy) is 1. The average molecular weight is 216 g/mol. The fraction of sp³-hybridized carbons (Fsp3) is 0.167. The average Bonchev–Trinajstić information content (AvgIpc) is 2.70. The lowest BCUT2D eigenvalue weighted by molar-refractivity contribution is -0.135. The molecule has 1 aliphatic rings. The van der Waals surface area contributed by atoms with Crippen LogP contribution in [-0.4, -0.2) is 11.9 Å². The van der Waals surface area contributed by atoms with Crippen LogP contribution in [0.25, 0.3) is 0 Å². The standard InChI is InChI=1S/C12H12N2O2/c1-2-10-14-11(12(15)16-10)9-6-4-3-5-8(9)7-13/h2-6,11H,1,7,13H2. The van der Waals surface area contributed by atoms with Crippen molar-refractivity contribution in [3.8, 4) is 0 Å². The molecule has 0 bridgehead atoms. The van der Waals surface area contributed by atoms with Gasteiger partial charge in [0.25, 0.3) is 0 Å². The Morgan fingerprint density at radius 2 is 2.25 bits per heavy atom. The molecule has 0 spiro atoms. The fourth-order valence-corrected chi connectivity index (χ4v) is 1.64. The van der Waals surface area contributed by atoms with Crippen molar-refractivity contribution >= 4 is 11.9 Å². The van der Waals surface area contributed by atoms with Gasteiger partial charge in [0, 0.05) is 6.54 Å². The third kappa shape index (κ3) is 1.75. The third-order valence-electron chi connectivity index (χ3n) is 2.43. The zero-order chi connectivity index (χ0) is 11.5. The Labute approximate surface area is 93.4 Å². The van der Waals surface area contributed by atoms with E-state index in [4.69, 9.17) is 10.5 Å². The Bertz CT molecular complexity index is 466. The maximum atomic E-state index is 11.6. The molecule has 0 amide bonds. The Kier molecular flexibility index (Phi) is 2.83. The van der Waals surface area contributed by atoms with E-state index in [2.05, 4.69) is 11.6 Å². The molecular weight excluding hydrogens is 204 g/mol. The summed E-state index contributed by atoms with van der Waals surface area (Å²) in [6, 6.07) is 6.84. The molecule has 4 heteroatoms. The lowest BCUT2D eigenvalue weighted by Crippen LogP contribution is -2.11. The van der Waals surface area contributed by atoms with Crippen LogP contribution >= 0.6 is 0 Å². The second-order valence-corrected chi connectivity index (χ2v) is 3.40. The van der Waals surface area contributed by atoms with Crippen LogP contribution in [0.3, 0.4) is 0 Å². The van der Waals surface area contributed by atoms with Crippen molar-refractivity contribution in [2.45, 2.75) is 12.6 Å². The minimum atomic E-state index is -0.604. The molecule has 0 saturated carbocycles. The summed E-state index contributed by atoms with van der Waals surface area (Å²) in [4.78, 5) is 15.7. The molecule has 0 aliphatic carbocycles. The number of carbonyl (C=O) groups excluding carboxylic acids is 1.